The summed E-state index contributed by atoms with van der Waals surface area (Å²) in [6.07, 6.45) is 0. The maximum atomic E-state index is 12.2. The highest BCUT2D eigenvalue weighted by atomic mass is 32.1. The number of aromatic nitrogens is 1. The maximum Gasteiger partial charge on any atom is 0.273 e. The molecule has 7 nitrogen and oxygen atoms in total. The van der Waals surface area contributed by atoms with Gasteiger partial charge in [0.25, 0.3) is 11.6 Å². The van der Waals surface area contributed by atoms with Crippen molar-refractivity contribution in [2.45, 2.75) is 13.0 Å². The van der Waals surface area contributed by atoms with E-state index < -0.39 is 4.92 Å². The number of benzene rings is 1. The molecule has 0 aliphatic rings. The van der Waals surface area contributed by atoms with Crippen LogP contribution in [-0.2, 0) is 0 Å². The summed E-state index contributed by atoms with van der Waals surface area (Å²) < 4.78 is 0. The molecule has 0 radical (unpaired) electrons. The standard InChI is InChI=1S/C14H15N3O4S/c1-9(7-18)16(2)14(19)12-8-22-13(15-12)10-3-5-11(6-4-10)17(20)21/h3-6,8-9,18H,7H2,1-2H3. The third-order valence-corrected chi connectivity index (χ3v) is 4.19. The van der Waals surface area contributed by atoms with Crippen LogP contribution in [0.25, 0.3) is 10.6 Å². The first kappa shape index (κ1) is 16.1. The Morgan fingerprint density at radius 2 is 2.09 bits per heavy atom. The highest BCUT2D eigenvalue weighted by Crippen LogP contribution is 2.26. The lowest BCUT2D eigenvalue weighted by Gasteiger charge is -2.21. The molecule has 0 bridgehead atoms. The average molecular weight is 321 g/mol. The normalized spacial score (nSPS) is 12.0. The van der Waals surface area contributed by atoms with E-state index in [1.54, 1.807) is 31.5 Å². The zero-order valence-corrected chi connectivity index (χ0v) is 12.9. The molecule has 1 aromatic carbocycles. The summed E-state index contributed by atoms with van der Waals surface area (Å²) in [7, 11) is 1.61. The third-order valence-electron chi connectivity index (χ3n) is 3.29. The van der Waals surface area contributed by atoms with Crippen molar-refractivity contribution < 1.29 is 14.8 Å². The number of rotatable bonds is 5. The van der Waals surface area contributed by atoms with Gasteiger partial charge in [0.1, 0.15) is 10.7 Å². The van der Waals surface area contributed by atoms with Crippen molar-refractivity contribution in [2.24, 2.45) is 0 Å². The van der Waals surface area contributed by atoms with E-state index in [1.165, 1.54) is 28.4 Å². The molecule has 0 saturated carbocycles. The maximum absolute atomic E-state index is 12.2. The fraction of sp³-hybridized carbons (Fsp3) is 0.286. The summed E-state index contributed by atoms with van der Waals surface area (Å²) in [5.74, 6) is -0.272. The lowest BCUT2D eigenvalue weighted by Crippen LogP contribution is -2.37. The molecule has 0 aliphatic heterocycles. The number of carbonyl (C=O) groups is 1. The number of aliphatic hydroxyl groups excluding tert-OH is 1. The first-order valence-corrected chi connectivity index (χ1v) is 7.40. The number of aliphatic hydroxyl groups is 1. The second kappa shape index (κ2) is 6.63. The van der Waals surface area contributed by atoms with Crippen LogP contribution >= 0.6 is 11.3 Å². The minimum Gasteiger partial charge on any atom is -0.394 e. The van der Waals surface area contributed by atoms with Gasteiger partial charge in [0, 0.05) is 30.1 Å². The van der Waals surface area contributed by atoms with Gasteiger partial charge in [-0.3, -0.25) is 14.9 Å². The molecular weight excluding hydrogens is 306 g/mol. The molecule has 2 rings (SSSR count). The van der Waals surface area contributed by atoms with Crippen molar-refractivity contribution in [3.05, 3.63) is 45.5 Å². The van der Waals surface area contributed by atoms with Gasteiger partial charge in [-0.1, -0.05) is 0 Å². The molecule has 1 heterocycles. The molecule has 0 saturated heterocycles. The van der Waals surface area contributed by atoms with Crippen LogP contribution < -0.4 is 0 Å². The smallest absolute Gasteiger partial charge is 0.273 e. The Morgan fingerprint density at radius 3 is 2.64 bits per heavy atom. The Labute approximate surface area is 131 Å². The van der Waals surface area contributed by atoms with E-state index >= 15 is 0 Å². The Bertz CT molecular complexity index is 684. The largest absolute Gasteiger partial charge is 0.394 e. The number of amides is 1. The van der Waals surface area contributed by atoms with Crippen molar-refractivity contribution in [3.8, 4) is 10.6 Å². The first-order valence-electron chi connectivity index (χ1n) is 6.52. The minimum absolute atomic E-state index is 0.00751. The summed E-state index contributed by atoms with van der Waals surface area (Å²) in [5.41, 5.74) is 1.02. The van der Waals surface area contributed by atoms with E-state index in [1.807, 2.05) is 0 Å². The molecule has 22 heavy (non-hydrogen) atoms. The molecule has 1 unspecified atom stereocenters. The highest BCUT2D eigenvalue weighted by Gasteiger charge is 2.20. The molecule has 1 amide bonds. The predicted octanol–water partition coefficient (Wildman–Crippen LogP) is 2.17. The van der Waals surface area contributed by atoms with Crippen LogP contribution in [0, 0.1) is 10.1 Å². The number of nitrogens with zero attached hydrogens (tertiary/aromatic N) is 3. The second-order valence-electron chi connectivity index (χ2n) is 4.79. The summed E-state index contributed by atoms with van der Waals surface area (Å²) in [4.78, 5) is 28.1. The molecule has 0 aliphatic carbocycles. The topological polar surface area (TPSA) is 96.6 Å². The van der Waals surface area contributed by atoms with Gasteiger partial charge in [-0.2, -0.15) is 0 Å². The van der Waals surface area contributed by atoms with Gasteiger partial charge in [0.2, 0.25) is 0 Å². The number of nitro benzene ring substituents is 1. The number of thiazole rings is 1. The lowest BCUT2D eigenvalue weighted by molar-refractivity contribution is -0.384. The Hall–Kier alpha value is -2.32. The molecule has 0 fully saturated rings. The Balaban J connectivity index is 2.20. The van der Waals surface area contributed by atoms with Crippen molar-refractivity contribution >= 4 is 22.9 Å². The molecule has 1 N–H and O–H groups in total. The van der Waals surface area contributed by atoms with Crippen LogP contribution in [0.15, 0.2) is 29.6 Å². The molecule has 1 aromatic heterocycles. The number of nitro groups is 1. The number of likely N-dealkylation sites (N-methyl/N-ethyl adjacent to an activating group) is 1. The van der Waals surface area contributed by atoms with Gasteiger partial charge in [-0.15, -0.1) is 11.3 Å². The van der Waals surface area contributed by atoms with Crippen molar-refractivity contribution in [2.75, 3.05) is 13.7 Å². The van der Waals surface area contributed by atoms with Gasteiger partial charge in [0.05, 0.1) is 17.6 Å². The van der Waals surface area contributed by atoms with E-state index in [0.29, 0.717) is 16.3 Å². The fourth-order valence-electron chi connectivity index (χ4n) is 1.73. The number of carbonyl (C=O) groups excluding carboxylic acids is 1. The summed E-state index contributed by atoms with van der Waals surface area (Å²) >= 11 is 1.29. The van der Waals surface area contributed by atoms with Crippen LogP contribution in [0.2, 0.25) is 0 Å². The van der Waals surface area contributed by atoms with Crippen LogP contribution in [0.5, 0.6) is 0 Å². The fourth-order valence-corrected chi connectivity index (χ4v) is 2.53. The van der Waals surface area contributed by atoms with Crippen LogP contribution in [0.4, 0.5) is 5.69 Å². The monoisotopic (exact) mass is 321 g/mol. The Kier molecular flexibility index (Phi) is 4.84. The van der Waals surface area contributed by atoms with Crippen LogP contribution in [0.1, 0.15) is 17.4 Å². The zero-order valence-electron chi connectivity index (χ0n) is 12.1. The number of hydrogen-bond donors (Lipinski definition) is 1. The van der Waals surface area contributed by atoms with Crippen molar-refractivity contribution in [1.29, 1.82) is 0 Å². The van der Waals surface area contributed by atoms with Gasteiger partial charge in [0.15, 0.2) is 0 Å². The van der Waals surface area contributed by atoms with Gasteiger partial charge in [-0.25, -0.2) is 4.98 Å². The van der Waals surface area contributed by atoms with E-state index in [2.05, 4.69) is 4.98 Å². The third kappa shape index (κ3) is 3.29. The van der Waals surface area contributed by atoms with E-state index in [-0.39, 0.29) is 24.2 Å². The van der Waals surface area contributed by atoms with Crippen molar-refractivity contribution in [3.63, 3.8) is 0 Å². The molecule has 1 atom stereocenters. The van der Waals surface area contributed by atoms with E-state index in [9.17, 15) is 14.9 Å². The lowest BCUT2D eigenvalue weighted by atomic mass is 10.2. The highest BCUT2D eigenvalue weighted by molar-refractivity contribution is 7.13. The molecule has 2 aromatic rings. The summed E-state index contributed by atoms with van der Waals surface area (Å²) in [6.45, 7) is 1.61. The number of non-ortho nitro benzene ring substituents is 1. The first-order chi connectivity index (χ1) is 10.4. The number of hydrogen-bond acceptors (Lipinski definition) is 6. The van der Waals surface area contributed by atoms with E-state index in [0.717, 1.165) is 0 Å². The van der Waals surface area contributed by atoms with Gasteiger partial charge < -0.3 is 10.0 Å². The van der Waals surface area contributed by atoms with E-state index in [4.69, 9.17) is 5.11 Å². The van der Waals surface area contributed by atoms with Gasteiger partial charge >= 0.3 is 0 Å². The zero-order chi connectivity index (χ0) is 16.3. The molecule has 8 heteroatoms. The van der Waals surface area contributed by atoms with Crippen LogP contribution in [-0.4, -0.2) is 45.5 Å². The molecular formula is C14H15N3O4S. The SMILES string of the molecule is CC(CO)N(C)C(=O)c1csc(-c2ccc([N+](=O)[O-])cc2)n1. The predicted molar refractivity (Wildman–Crippen MR) is 82.8 cm³/mol. The second-order valence-corrected chi connectivity index (χ2v) is 5.65. The average Bonchev–Trinajstić information content (AvgIpc) is 3.02. The summed E-state index contributed by atoms with van der Waals surface area (Å²) in [5, 5.41) is 22.0. The van der Waals surface area contributed by atoms with Crippen molar-refractivity contribution in [1.82, 2.24) is 9.88 Å². The summed E-state index contributed by atoms with van der Waals surface area (Å²) in [6, 6.07) is 5.71. The minimum atomic E-state index is -0.466. The van der Waals surface area contributed by atoms with Crippen LogP contribution in [0.3, 0.4) is 0 Å². The Morgan fingerprint density at radius 1 is 1.45 bits per heavy atom. The molecule has 0 spiro atoms. The molecule has 116 valence electrons. The van der Waals surface area contributed by atoms with Gasteiger partial charge in [-0.05, 0) is 19.1 Å². The quantitative estimate of drug-likeness (QED) is 0.672.